The second-order valence-electron chi connectivity index (χ2n) is 5.04. The number of hydrogen-bond donors (Lipinski definition) is 1. The van der Waals surface area contributed by atoms with Crippen molar-refractivity contribution in [1.82, 2.24) is 14.8 Å². The van der Waals surface area contributed by atoms with E-state index in [1.807, 2.05) is 37.3 Å². The summed E-state index contributed by atoms with van der Waals surface area (Å²) >= 11 is 0. The fraction of sp³-hybridized carbons (Fsp3) is 0.118. The van der Waals surface area contributed by atoms with Crippen LogP contribution in [0.3, 0.4) is 0 Å². The van der Waals surface area contributed by atoms with Crippen LogP contribution < -0.4 is 10.1 Å². The van der Waals surface area contributed by atoms with Crippen LogP contribution >= 0.6 is 0 Å². The molecule has 0 saturated heterocycles. The van der Waals surface area contributed by atoms with Crippen molar-refractivity contribution >= 4 is 11.6 Å². The Morgan fingerprint density at radius 3 is 2.61 bits per heavy atom. The van der Waals surface area contributed by atoms with E-state index in [0.29, 0.717) is 17.0 Å². The van der Waals surface area contributed by atoms with Crippen LogP contribution in [-0.4, -0.2) is 27.8 Å². The molecule has 0 spiro atoms. The number of rotatable bonds is 4. The predicted octanol–water partition coefficient (Wildman–Crippen LogP) is 2.84. The standard InChI is InChI=1S/C17H16N4O2/c1-12-3-8-16(23-2)15(9-12)20-17(22)13-4-6-14(7-5-13)21-11-18-10-19-21/h3-11H,1-2H3,(H,20,22). The molecule has 1 N–H and O–H groups in total. The van der Waals surface area contributed by atoms with Crippen LogP contribution in [0.1, 0.15) is 15.9 Å². The van der Waals surface area contributed by atoms with Crippen molar-refractivity contribution in [2.24, 2.45) is 0 Å². The van der Waals surface area contributed by atoms with Crippen molar-refractivity contribution in [1.29, 1.82) is 0 Å². The minimum atomic E-state index is -0.195. The highest BCUT2D eigenvalue weighted by atomic mass is 16.5. The summed E-state index contributed by atoms with van der Waals surface area (Å²) in [6.45, 7) is 1.96. The lowest BCUT2D eigenvalue weighted by Crippen LogP contribution is -2.13. The third kappa shape index (κ3) is 3.21. The van der Waals surface area contributed by atoms with Gasteiger partial charge in [-0.2, -0.15) is 5.10 Å². The van der Waals surface area contributed by atoms with Crippen molar-refractivity contribution in [3.05, 3.63) is 66.2 Å². The Labute approximate surface area is 133 Å². The summed E-state index contributed by atoms with van der Waals surface area (Å²) in [4.78, 5) is 16.3. The quantitative estimate of drug-likeness (QED) is 0.804. The lowest BCUT2D eigenvalue weighted by molar-refractivity contribution is 0.102. The number of nitrogens with zero attached hydrogens (tertiary/aromatic N) is 3. The summed E-state index contributed by atoms with van der Waals surface area (Å²) in [6, 6.07) is 12.8. The van der Waals surface area contributed by atoms with E-state index in [1.165, 1.54) is 6.33 Å². The van der Waals surface area contributed by atoms with Crippen molar-refractivity contribution in [3.8, 4) is 11.4 Å². The maximum Gasteiger partial charge on any atom is 0.255 e. The molecular weight excluding hydrogens is 292 g/mol. The van der Waals surface area contributed by atoms with Crippen LogP contribution in [0.4, 0.5) is 5.69 Å². The maximum atomic E-state index is 12.4. The molecule has 0 radical (unpaired) electrons. The normalized spacial score (nSPS) is 10.3. The van der Waals surface area contributed by atoms with Crippen LogP contribution in [0.5, 0.6) is 5.75 Å². The third-order valence-corrected chi connectivity index (χ3v) is 3.42. The van der Waals surface area contributed by atoms with Gasteiger partial charge in [-0.25, -0.2) is 9.67 Å². The van der Waals surface area contributed by atoms with E-state index in [1.54, 1.807) is 30.3 Å². The van der Waals surface area contributed by atoms with Crippen LogP contribution in [0, 0.1) is 6.92 Å². The van der Waals surface area contributed by atoms with Gasteiger partial charge in [-0.1, -0.05) is 6.07 Å². The topological polar surface area (TPSA) is 69.0 Å². The van der Waals surface area contributed by atoms with Gasteiger partial charge in [0.25, 0.3) is 5.91 Å². The lowest BCUT2D eigenvalue weighted by Gasteiger charge is -2.11. The molecule has 1 aromatic heterocycles. The SMILES string of the molecule is COc1ccc(C)cc1NC(=O)c1ccc(-n2cncn2)cc1. The molecule has 3 aromatic rings. The minimum absolute atomic E-state index is 0.195. The average molecular weight is 308 g/mol. The number of anilines is 1. The molecule has 0 aliphatic carbocycles. The van der Waals surface area contributed by atoms with E-state index in [-0.39, 0.29) is 5.91 Å². The summed E-state index contributed by atoms with van der Waals surface area (Å²) in [5, 5.41) is 6.92. The molecule has 1 heterocycles. The van der Waals surface area contributed by atoms with Crippen molar-refractivity contribution in [2.45, 2.75) is 6.92 Å². The van der Waals surface area contributed by atoms with Crippen LogP contribution in [0.2, 0.25) is 0 Å². The van der Waals surface area contributed by atoms with E-state index in [2.05, 4.69) is 15.4 Å². The highest BCUT2D eigenvalue weighted by Crippen LogP contribution is 2.25. The number of carbonyl (C=O) groups is 1. The van der Waals surface area contributed by atoms with Gasteiger partial charge in [0.05, 0.1) is 18.5 Å². The third-order valence-electron chi connectivity index (χ3n) is 3.42. The molecule has 0 aliphatic rings. The number of nitrogens with one attached hydrogen (secondary N) is 1. The number of aromatic nitrogens is 3. The summed E-state index contributed by atoms with van der Waals surface area (Å²) in [5.41, 5.74) is 3.09. The van der Waals surface area contributed by atoms with Gasteiger partial charge in [-0.15, -0.1) is 0 Å². The molecule has 23 heavy (non-hydrogen) atoms. The molecule has 6 heteroatoms. The average Bonchev–Trinajstić information content (AvgIpc) is 3.10. The Morgan fingerprint density at radius 1 is 1.17 bits per heavy atom. The Balaban J connectivity index is 1.80. The molecular formula is C17H16N4O2. The van der Waals surface area contributed by atoms with Gasteiger partial charge in [0.1, 0.15) is 18.4 Å². The van der Waals surface area contributed by atoms with Crippen LogP contribution in [0.25, 0.3) is 5.69 Å². The van der Waals surface area contributed by atoms with E-state index >= 15 is 0 Å². The highest BCUT2D eigenvalue weighted by Gasteiger charge is 2.10. The molecule has 0 atom stereocenters. The molecule has 0 fully saturated rings. The zero-order valence-electron chi connectivity index (χ0n) is 12.9. The van der Waals surface area contributed by atoms with Gasteiger partial charge in [-0.3, -0.25) is 4.79 Å². The lowest BCUT2D eigenvalue weighted by atomic mass is 10.1. The van der Waals surface area contributed by atoms with Gasteiger partial charge >= 0.3 is 0 Å². The predicted molar refractivity (Wildman–Crippen MR) is 87.0 cm³/mol. The second-order valence-corrected chi connectivity index (χ2v) is 5.04. The Morgan fingerprint density at radius 2 is 1.96 bits per heavy atom. The first-order valence-corrected chi connectivity index (χ1v) is 7.08. The molecule has 1 amide bonds. The minimum Gasteiger partial charge on any atom is -0.495 e. The molecule has 116 valence electrons. The maximum absolute atomic E-state index is 12.4. The van der Waals surface area contributed by atoms with E-state index in [9.17, 15) is 4.79 Å². The molecule has 0 saturated carbocycles. The van der Waals surface area contributed by atoms with Crippen molar-refractivity contribution in [2.75, 3.05) is 12.4 Å². The number of carbonyl (C=O) groups excluding carboxylic acids is 1. The van der Waals surface area contributed by atoms with Crippen molar-refractivity contribution < 1.29 is 9.53 Å². The number of benzene rings is 2. The summed E-state index contributed by atoms with van der Waals surface area (Å²) < 4.78 is 6.90. The highest BCUT2D eigenvalue weighted by molar-refractivity contribution is 6.05. The summed E-state index contributed by atoms with van der Waals surface area (Å²) in [6.07, 6.45) is 3.07. The first kappa shape index (κ1) is 14.8. The molecule has 0 bridgehead atoms. The van der Waals surface area contributed by atoms with Gasteiger partial charge < -0.3 is 10.1 Å². The molecule has 3 rings (SSSR count). The Hall–Kier alpha value is -3.15. The van der Waals surface area contributed by atoms with Crippen molar-refractivity contribution in [3.63, 3.8) is 0 Å². The molecule has 2 aromatic carbocycles. The number of hydrogen-bond acceptors (Lipinski definition) is 4. The Kier molecular flexibility index (Phi) is 4.05. The zero-order valence-corrected chi connectivity index (χ0v) is 12.9. The first-order chi connectivity index (χ1) is 11.2. The van der Waals surface area contributed by atoms with Gasteiger partial charge in [0.15, 0.2) is 0 Å². The number of methoxy groups -OCH3 is 1. The zero-order chi connectivity index (χ0) is 16.2. The second kappa shape index (κ2) is 6.31. The van der Waals surface area contributed by atoms with Crippen LogP contribution in [-0.2, 0) is 0 Å². The Bertz CT molecular complexity index is 811. The van der Waals surface area contributed by atoms with E-state index < -0.39 is 0 Å². The van der Waals surface area contributed by atoms with Crippen LogP contribution in [0.15, 0.2) is 55.1 Å². The number of amides is 1. The van der Waals surface area contributed by atoms with E-state index in [4.69, 9.17) is 4.74 Å². The smallest absolute Gasteiger partial charge is 0.255 e. The van der Waals surface area contributed by atoms with Gasteiger partial charge in [0, 0.05) is 5.56 Å². The molecule has 0 aliphatic heterocycles. The summed E-state index contributed by atoms with van der Waals surface area (Å²) in [5.74, 6) is 0.433. The fourth-order valence-electron chi connectivity index (χ4n) is 2.22. The van der Waals surface area contributed by atoms with Gasteiger partial charge in [0.2, 0.25) is 0 Å². The monoisotopic (exact) mass is 308 g/mol. The molecule has 6 nitrogen and oxygen atoms in total. The van der Waals surface area contributed by atoms with E-state index in [0.717, 1.165) is 11.3 Å². The molecule has 0 unspecified atom stereocenters. The van der Waals surface area contributed by atoms with Gasteiger partial charge in [-0.05, 0) is 48.9 Å². The fourth-order valence-corrected chi connectivity index (χ4v) is 2.22. The number of aryl methyl sites for hydroxylation is 1. The largest absolute Gasteiger partial charge is 0.495 e. The summed E-state index contributed by atoms with van der Waals surface area (Å²) in [7, 11) is 1.58. The number of ether oxygens (including phenoxy) is 1. The first-order valence-electron chi connectivity index (χ1n) is 7.08.